The van der Waals surface area contributed by atoms with Crippen LogP contribution in [0.25, 0.3) is 10.9 Å². The minimum absolute atomic E-state index is 0.411. The number of para-hydroxylation sites is 1. The van der Waals surface area contributed by atoms with Crippen LogP contribution >= 0.6 is 0 Å². The molecule has 186 valence electrons. The Hall–Kier alpha value is -3.44. The molecule has 36 heavy (non-hydrogen) atoms. The zero-order valence-electron chi connectivity index (χ0n) is 21.4. The number of nitrogens with zero attached hydrogens (tertiary/aromatic N) is 3. The number of hydrogen-bond donors (Lipinski definition) is 2. The van der Waals surface area contributed by atoms with E-state index in [0.717, 1.165) is 48.5 Å². The van der Waals surface area contributed by atoms with Gasteiger partial charge in [-0.2, -0.15) is 4.98 Å². The number of hydrogen-bond acceptors (Lipinski definition) is 5. The third-order valence-corrected chi connectivity index (χ3v) is 7.32. The summed E-state index contributed by atoms with van der Waals surface area (Å²) in [4.78, 5) is 11.7. The Bertz CT molecular complexity index is 1230. The lowest BCUT2D eigenvalue weighted by atomic mass is 9.89. The van der Waals surface area contributed by atoms with Crippen LogP contribution in [0.4, 0.5) is 11.8 Å². The Balaban J connectivity index is 1.18. The average Bonchev–Trinajstić information content (AvgIpc) is 2.92. The molecule has 4 aromatic rings. The highest BCUT2D eigenvalue weighted by atomic mass is 15.2. The highest BCUT2D eigenvalue weighted by molar-refractivity contribution is 5.90. The second kappa shape index (κ2) is 11.5. The van der Waals surface area contributed by atoms with Crippen LogP contribution in [0.1, 0.15) is 42.7 Å². The Morgan fingerprint density at radius 2 is 1.42 bits per heavy atom. The maximum Gasteiger partial charge on any atom is 0.225 e. The molecule has 1 aliphatic rings. The van der Waals surface area contributed by atoms with Crippen molar-refractivity contribution in [3.63, 3.8) is 0 Å². The van der Waals surface area contributed by atoms with E-state index < -0.39 is 0 Å². The number of nitrogens with one attached hydrogen (secondary N) is 2. The van der Waals surface area contributed by atoms with Crippen LogP contribution in [0.5, 0.6) is 0 Å². The normalized spacial score (nSPS) is 18.6. The lowest BCUT2D eigenvalue weighted by Gasteiger charge is -2.31. The Kier molecular flexibility index (Phi) is 7.77. The number of aromatic nitrogens is 2. The molecule has 5 rings (SSSR count). The molecule has 1 aromatic heterocycles. The van der Waals surface area contributed by atoms with Crippen LogP contribution < -0.4 is 15.5 Å². The second-order valence-electron chi connectivity index (χ2n) is 10.2. The van der Waals surface area contributed by atoms with Crippen molar-refractivity contribution in [2.75, 3.05) is 30.9 Å². The van der Waals surface area contributed by atoms with E-state index in [1.807, 2.05) is 26.2 Å². The zero-order valence-corrected chi connectivity index (χ0v) is 21.4. The Morgan fingerprint density at radius 3 is 2.14 bits per heavy atom. The third kappa shape index (κ3) is 6.03. The molecule has 1 saturated carbocycles. The predicted molar refractivity (Wildman–Crippen MR) is 151 cm³/mol. The first-order valence-corrected chi connectivity index (χ1v) is 13.2. The maximum absolute atomic E-state index is 4.83. The molecule has 0 radical (unpaired) electrons. The van der Waals surface area contributed by atoms with E-state index in [0.29, 0.717) is 18.0 Å². The molecule has 1 heterocycles. The van der Waals surface area contributed by atoms with E-state index in [1.54, 1.807) is 0 Å². The summed E-state index contributed by atoms with van der Waals surface area (Å²) in [6.07, 6.45) is 5.64. The fourth-order valence-electron chi connectivity index (χ4n) is 5.33. The van der Waals surface area contributed by atoms with Crippen molar-refractivity contribution >= 4 is 22.7 Å². The molecule has 1 fully saturated rings. The van der Waals surface area contributed by atoms with Gasteiger partial charge in [0, 0.05) is 44.0 Å². The van der Waals surface area contributed by atoms with Gasteiger partial charge in [-0.05, 0) is 55.4 Å². The van der Waals surface area contributed by atoms with Crippen LogP contribution in [-0.4, -0.2) is 42.7 Å². The Labute approximate surface area is 215 Å². The first-order chi connectivity index (χ1) is 17.7. The first kappa shape index (κ1) is 24.3. The molecule has 0 amide bonds. The van der Waals surface area contributed by atoms with Gasteiger partial charge in [0.2, 0.25) is 5.95 Å². The van der Waals surface area contributed by atoms with Crippen molar-refractivity contribution in [1.82, 2.24) is 15.3 Å². The minimum Gasteiger partial charge on any atom is -0.362 e. The van der Waals surface area contributed by atoms with Gasteiger partial charge < -0.3 is 15.5 Å². The van der Waals surface area contributed by atoms with Gasteiger partial charge in [-0.15, -0.1) is 0 Å². The van der Waals surface area contributed by atoms with Crippen LogP contribution in [0.15, 0.2) is 84.9 Å². The average molecular weight is 480 g/mol. The highest BCUT2D eigenvalue weighted by Gasteiger charge is 2.23. The molecule has 0 aliphatic heterocycles. The van der Waals surface area contributed by atoms with Gasteiger partial charge in [0.25, 0.3) is 0 Å². The van der Waals surface area contributed by atoms with E-state index >= 15 is 0 Å². The minimum atomic E-state index is 0.411. The molecule has 0 saturated heterocycles. The molecule has 5 nitrogen and oxygen atoms in total. The van der Waals surface area contributed by atoms with Crippen molar-refractivity contribution in [3.8, 4) is 0 Å². The summed E-state index contributed by atoms with van der Waals surface area (Å²) in [6.45, 7) is 1.00. The van der Waals surface area contributed by atoms with Crippen LogP contribution in [0, 0.1) is 0 Å². The fourth-order valence-corrected chi connectivity index (χ4v) is 5.33. The van der Waals surface area contributed by atoms with Crippen LogP contribution in [-0.2, 0) is 6.42 Å². The lowest BCUT2D eigenvalue weighted by molar-refractivity contribution is 0.346. The fraction of sp³-hybridized carbons (Fsp3) is 0.355. The van der Waals surface area contributed by atoms with Crippen molar-refractivity contribution < 1.29 is 0 Å². The van der Waals surface area contributed by atoms with Gasteiger partial charge in [0.05, 0.1) is 5.52 Å². The number of rotatable bonds is 9. The van der Waals surface area contributed by atoms with Gasteiger partial charge >= 0.3 is 0 Å². The highest BCUT2D eigenvalue weighted by Crippen LogP contribution is 2.27. The third-order valence-electron chi connectivity index (χ3n) is 7.32. The number of fused-ring (bicyclic) bond motifs is 1. The second-order valence-corrected chi connectivity index (χ2v) is 10.2. The van der Waals surface area contributed by atoms with Crippen LogP contribution in [0.2, 0.25) is 0 Å². The van der Waals surface area contributed by atoms with Gasteiger partial charge in [-0.25, -0.2) is 4.98 Å². The zero-order chi connectivity index (χ0) is 24.7. The number of anilines is 2. The SMILES string of the molecule is CN(C)c1nc(N[C@H]2CC[C@@H](NCC(Cc3ccccc3)c3ccccc3)CC2)nc2ccccc12. The molecule has 1 aliphatic carbocycles. The van der Waals surface area contributed by atoms with Gasteiger partial charge in [-0.1, -0.05) is 72.8 Å². The summed E-state index contributed by atoms with van der Waals surface area (Å²) in [5.41, 5.74) is 3.79. The molecule has 2 N–H and O–H groups in total. The quantitative estimate of drug-likeness (QED) is 0.307. The monoisotopic (exact) mass is 479 g/mol. The van der Waals surface area contributed by atoms with Crippen molar-refractivity contribution in [2.24, 2.45) is 0 Å². The molecular weight excluding hydrogens is 442 g/mol. The predicted octanol–water partition coefficient (Wildman–Crippen LogP) is 6.04. The summed E-state index contributed by atoms with van der Waals surface area (Å²) in [5, 5.41) is 8.63. The van der Waals surface area contributed by atoms with E-state index in [2.05, 4.69) is 88.3 Å². The summed E-state index contributed by atoms with van der Waals surface area (Å²) in [5.74, 6) is 2.17. The Morgan fingerprint density at radius 1 is 0.778 bits per heavy atom. The van der Waals surface area contributed by atoms with E-state index in [9.17, 15) is 0 Å². The van der Waals surface area contributed by atoms with E-state index in [1.165, 1.54) is 24.0 Å². The maximum atomic E-state index is 4.83. The summed E-state index contributed by atoms with van der Waals surface area (Å²) in [6, 6.07) is 31.0. The number of benzene rings is 3. The molecule has 0 bridgehead atoms. The molecule has 5 heteroatoms. The first-order valence-electron chi connectivity index (χ1n) is 13.2. The van der Waals surface area contributed by atoms with Gasteiger partial charge in [-0.3, -0.25) is 0 Å². The lowest BCUT2D eigenvalue weighted by Crippen LogP contribution is -2.39. The van der Waals surface area contributed by atoms with Crippen molar-refractivity contribution in [2.45, 2.75) is 50.1 Å². The van der Waals surface area contributed by atoms with Crippen molar-refractivity contribution in [3.05, 3.63) is 96.1 Å². The molecular formula is C31H37N5. The summed E-state index contributed by atoms with van der Waals surface area (Å²) >= 11 is 0. The van der Waals surface area contributed by atoms with Gasteiger partial charge in [0.15, 0.2) is 0 Å². The molecule has 3 aromatic carbocycles. The van der Waals surface area contributed by atoms with Gasteiger partial charge in [0.1, 0.15) is 5.82 Å². The molecule has 1 unspecified atom stereocenters. The van der Waals surface area contributed by atoms with E-state index in [4.69, 9.17) is 9.97 Å². The smallest absolute Gasteiger partial charge is 0.225 e. The largest absolute Gasteiger partial charge is 0.362 e. The standard InChI is InChI=1S/C31H37N5/c1-36(2)30-28-15-9-10-16-29(28)34-31(35-30)33-27-19-17-26(18-20-27)32-22-25(24-13-7-4-8-14-24)21-23-11-5-3-6-12-23/h3-16,25-27,32H,17-22H2,1-2H3,(H,33,34,35)/t25?,26-,27+. The molecule has 0 spiro atoms. The molecule has 1 atom stereocenters. The van der Waals surface area contributed by atoms with E-state index in [-0.39, 0.29) is 0 Å². The van der Waals surface area contributed by atoms with Crippen molar-refractivity contribution in [1.29, 1.82) is 0 Å². The topological polar surface area (TPSA) is 53.1 Å². The summed E-state index contributed by atoms with van der Waals surface area (Å²) in [7, 11) is 4.08. The summed E-state index contributed by atoms with van der Waals surface area (Å²) < 4.78 is 0. The van der Waals surface area contributed by atoms with Crippen LogP contribution in [0.3, 0.4) is 0 Å².